The highest BCUT2D eigenvalue weighted by Gasteiger charge is 2.28. The molecule has 1 atom stereocenters. The van der Waals surface area contributed by atoms with Crippen LogP contribution in [-0.4, -0.2) is 29.3 Å². The second-order valence-corrected chi connectivity index (χ2v) is 6.71. The second-order valence-electron chi connectivity index (χ2n) is 6.27. The van der Waals surface area contributed by atoms with E-state index < -0.39 is 6.04 Å². The topological polar surface area (TPSA) is 49.4 Å². The zero-order valence-electron chi connectivity index (χ0n) is 15.5. The number of halogens is 2. The molecule has 0 aromatic heterocycles. The third kappa shape index (κ3) is 6.07. The van der Waals surface area contributed by atoms with Gasteiger partial charge in [-0.1, -0.05) is 42.8 Å². The zero-order valence-corrected chi connectivity index (χ0v) is 16.3. The summed E-state index contributed by atoms with van der Waals surface area (Å²) < 4.78 is 13.2. The number of carbonyl (C=O) groups excluding carboxylic acids is 2. The summed E-state index contributed by atoms with van der Waals surface area (Å²) in [6.45, 7) is 4.44. The number of carbonyl (C=O) groups is 2. The molecule has 2 rings (SSSR count). The summed E-state index contributed by atoms with van der Waals surface area (Å²) >= 11 is 5.90. The molecule has 2 aromatic rings. The molecule has 4 nitrogen and oxygen atoms in total. The fourth-order valence-electron chi connectivity index (χ4n) is 2.88. The van der Waals surface area contributed by atoms with Crippen LogP contribution in [0.4, 0.5) is 4.39 Å². The molecule has 2 amide bonds. The van der Waals surface area contributed by atoms with Gasteiger partial charge in [-0.05, 0) is 48.7 Å². The van der Waals surface area contributed by atoms with Crippen molar-refractivity contribution >= 4 is 23.4 Å². The van der Waals surface area contributed by atoms with Crippen LogP contribution in [0.15, 0.2) is 48.5 Å². The molecular weight excluding hydrogens is 367 g/mol. The Morgan fingerprint density at radius 2 is 1.63 bits per heavy atom. The number of amides is 2. The highest BCUT2D eigenvalue weighted by atomic mass is 35.5. The van der Waals surface area contributed by atoms with Crippen molar-refractivity contribution in [3.8, 4) is 0 Å². The van der Waals surface area contributed by atoms with E-state index in [9.17, 15) is 14.0 Å². The first-order chi connectivity index (χ1) is 12.9. The van der Waals surface area contributed by atoms with E-state index in [0.717, 1.165) is 11.1 Å². The summed E-state index contributed by atoms with van der Waals surface area (Å²) in [5, 5.41) is 3.39. The fourth-order valence-corrected chi connectivity index (χ4v) is 3.00. The molecule has 0 spiro atoms. The minimum absolute atomic E-state index is 0.161. The summed E-state index contributed by atoms with van der Waals surface area (Å²) in [4.78, 5) is 27.1. The van der Waals surface area contributed by atoms with Crippen molar-refractivity contribution in [2.75, 3.05) is 6.54 Å². The summed E-state index contributed by atoms with van der Waals surface area (Å²) in [7, 11) is 0. The second kappa shape index (κ2) is 10.1. The van der Waals surface area contributed by atoms with Crippen molar-refractivity contribution in [1.82, 2.24) is 10.2 Å². The Bertz CT molecular complexity index is 763. The quantitative estimate of drug-likeness (QED) is 0.741. The van der Waals surface area contributed by atoms with Gasteiger partial charge in [0.25, 0.3) is 0 Å². The smallest absolute Gasteiger partial charge is 0.242 e. The van der Waals surface area contributed by atoms with Crippen molar-refractivity contribution in [2.24, 2.45) is 0 Å². The predicted octanol–water partition coefficient (Wildman–Crippen LogP) is 3.97. The molecule has 0 heterocycles. The maximum Gasteiger partial charge on any atom is 0.242 e. The van der Waals surface area contributed by atoms with Crippen LogP contribution in [0.1, 0.15) is 31.4 Å². The maximum absolute atomic E-state index is 13.2. The van der Waals surface area contributed by atoms with E-state index in [1.807, 2.05) is 13.8 Å². The Hall–Kier alpha value is -2.40. The summed E-state index contributed by atoms with van der Waals surface area (Å²) in [5.41, 5.74) is 1.59. The first-order valence-electron chi connectivity index (χ1n) is 9.00. The Balaban J connectivity index is 2.25. The van der Waals surface area contributed by atoms with Gasteiger partial charge in [0, 0.05) is 18.1 Å². The average molecular weight is 391 g/mol. The average Bonchev–Trinajstić information content (AvgIpc) is 2.65. The highest BCUT2D eigenvalue weighted by Crippen LogP contribution is 2.16. The molecule has 0 aliphatic rings. The summed E-state index contributed by atoms with van der Waals surface area (Å²) in [6, 6.07) is 12.4. The van der Waals surface area contributed by atoms with Crippen LogP contribution in [0, 0.1) is 5.82 Å². The molecule has 2 aromatic carbocycles. The van der Waals surface area contributed by atoms with E-state index in [1.54, 1.807) is 41.3 Å². The Labute approximate surface area is 164 Å². The van der Waals surface area contributed by atoms with Gasteiger partial charge in [0.05, 0.1) is 6.42 Å². The molecule has 144 valence electrons. The van der Waals surface area contributed by atoms with Gasteiger partial charge in [0.15, 0.2) is 0 Å². The number of nitrogens with one attached hydrogen (secondary N) is 1. The standard InChI is InChI=1S/C21H24ClFN2O2/c1-3-19(21(27)24-4-2)25(14-16-7-11-18(23)12-8-16)20(26)13-15-5-9-17(22)10-6-15/h5-12,19H,3-4,13-14H2,1-2H3,(H,24,27)/t19-/m1/s1. The van der Waals surface area contributed by atoms with Crippen molar-refractivity contribution in [2.45, 2.75) is 39.3 Å². The van der Waals surface area contributed by atoms with E-state index in [-0.39, 0.29) is 30.6 Å². The molecule has 0 saturated carbocycles. The lowest BCUT2D eigenvalue weighted by molar-refractivity contribution is -0.140. The Morgan fingerprint density at radius 3 is 2.19 bits per heavy atom. The Morgan fingerprint density at radius 1 is 1.04 bits per heavy atom. The molecule has 0 aliphatic carbocycles. The van der Waals surface area contributed by atoms with Crippen LogP contribution in [-0.2, 0) is 22.6 Å². The lowest BCUT2D eigenvalue weighted by Crippen LogP contribution is -2.49. The zero-order chi connectivity index (χ0) is 19.8. The van der Waals surface area contributed by atoms with E-state index >= 15 is 0 Å². The van der Waals surface area contributed by atoms with Gasteiger partial charge in [-0.2, -0.15) is 0 Å². The summed E-state index contributed by atoms with van der Waals surface area (Å²) in [5.74, 6) is -0.695. The molecule has 0 saturated heterocycles. The number of hydrogen-bond acceptors (Lipinski definition) is 2. The molecule has 0 bridgehead atoms. The van der Waals surface area contributed by atoms with Gasteiger partial charge in [-0.15, -0.1) is 0 Å². The van der Waals surface area contributed by atoms with Gasteiger partial charge >= 0.3 is 0 Å². The predicted molar refractivity (Wildman–Crippen MR) is 105 cm³/mol. The number of nitrogens with zero attached hydrogens (tertiary/aromatic N) is 1. The summed E-state index contributed by atoms with van der Waals surface area (Å²) in [6.07, 6.45) is 0.646. The maximum atomic E-state index is 13.2. The molecule has 0 radical (unpaired) electrons. The van der Waals surface area contributed by atoms with Crippen LogP contribution in [0.5, 0.6) is 0 Å². The van der Waals surface area contributed by atoms with E-state index in [0.29, 0.717) is 18.0 Å². The van der Waals surface area contributed by atoms with Crippen molar-refractivity contribution < 1.29 is 14.0 Å². The number of likely N-dealkylation sites (N-methyl/N-ethyl adjacent to an activating group) is 1. The first kappa shape index (κ1) is 20.9. The van der Waals surface area contributed by atoms with Gasteiger partial charge in [-0.3, -0.25) is 9.59 Å². The van der Waals surface area contributed by atoms with Crippen molar-refractivity contribution in [3.05, 3.63) is 70.5 Å². The van der Waals surface area contributed by atoms with Crippen LogP contribution >= 0.6 is 11.6 Å². The van der Waals surface area contributed by atoms with Crippen LogP contribution in [0.25, 0.3) is 0 Å². The molecule has 0 unspecified atom stereocenters. The minimum Gasteiger partial charge on any atom is -0.355 e. The monoisotopic (exact) mass is 390 g/mol. The minimum atomic E-state index is -0.588. The van der Waals surface area contributed by atoms with Crippen molar-refractivity contribution in [1.29, 1.82) is 0 Å². The van der Waals surface area contributed by atoms with E-state index in [4.69, 9.17) is 11.6 Å². The Kier molecular flexibility index (Phi) is 7.80. The molecular formula is C21H24ClFN2O2. The molecule has 6 heteroatoms. The number of benzene rings is 2. The van der Waals surface area contributed by atoms with Crippen molar-refractivity contribution in [3.63, 3.8) is 0 Å². The van der Waals surface area contributed by atoms with Crippen LogP contribution in [0.2, 0.25) is 5.02 Å². The van der Waals surface area contributed by atoms with Gasteiger partial charge in [-0.25, -0.2) is 4.39 Å². The normalized spacial score (nSPS) is 11.7. The fraction of sp³-hybridized carbons (Fsp3) is 0.333. The van der Waals surface area contributed by atoms with Crippen LogP contribution < -0.4 is 5.32 Å². The van der Waals surface area contributed by atoms with Gasteiger partial charge < -0.3 is 10.2 Å². The van der Waals surface area contributed by atoms with Gasteiger partial charge in [0.1, 0.15) is 11.9 Å². The molecule has 1 N–H and O–H groups in total. The first-order valence-corrected chi connectivity index (χ1v) is 9.38. The third-order valence-electron chi connectivity index (χ3n) is 4.27. The molecule has 27 heavy (non-hydrogen) atoms. The highest BCUT2D eigenvalue weighted by molar-refractivity contribution is 6.30. The van der Waals surface area contributed by atoms with E-state index in [1.165, 1.54) is 12.1 Å². The SMILES string of the molecule is CCNC(=O)[C@@H](CC)N(Cc1ccc(F)cc1)C(=O)Cc1ccc(Cl)cc1. The molecule has 0 aliphatic heterocycles. The molecule has 0 fully saturated rings. The third-order valence-corrected chi connectivity index (χ3v) is 4.52. The lowest BCUT2D eigenvalue weighted by atomic mass is 10.1. The van der Waals surface area contributed by atoms with Crippen LogP contribution in [0.3, 0.4) is 0 Å². The lowest BCUT2D eigenvalue weighted by Gasteiger charge is -2.30. The van der Waals surface area contributed by atoms with Gasteiger partial charge in [0.2, 0.25) is 11.8 Å². The van der Waals surface area contributed by atoms with E-state index in [2.05, 4.69) is 5.32 Å². The number of hydrogen-bond donors (Lipinski definition) is 1. The number of rotatable bonds is 8. The largest absolute Gasteiger partial charge is 0.355 e.